The predicted octanol–water partition coefficient (Wildman–Crippen LogP) is 4.12. The summed E-state index contributed by atoms with van der Waals surface area (Å²) in [5, 5.41) is 3.01. The minimum absolute atomic E-state index is 0.229. The van der Waals surface area contributed by atoms with Gasteiger partial charge in [-0.15, -0.1) is 22.9 Å². The Hall–Kier alpha value is -0.930. The van der Waals surface area contributed by atoms with Crippen molar-refractivity contribution >= 4 is 22.9 Å². The highest BCUT2D eigenvalue weighted by atomic mass is 35.5. The van der Waals surface area contributed by atoms with Crippen molar-refractivity contribution in [1.29, 1.82) is 0 Å². The van der Waals surface area contributed by atoms with Gasteiger partial charge in [0.25, 0.3) is 0 Å². The molecule has 0 radical (unpaired) electrons. The first-order valence-electron chi connectivity index (χ1n) is 5.06. The molecule has 0 aliphatic carbocycles. The molecule has 0 spiro atoms. The Morgan fingerprint density at radius 1 is 1.38 bits per heavy atom. The van der Waals surface area contributed by atoms with E-state index in [9.17, 15) is 4.39 Å². The number of nitrogens with zero attached hydrogens (tertiary/aromatic N) is 1. The normalized spacial score (nSPS) is 10.6. The SMILES string of the molecule is Fc1cccc(-c2csc(CCCCl)n2)c1. The van der Waals surface area contributed by atoms with Gasteiger partial charge >= 0.3 is 0 Å². The van der Waals surface area contributed by atoms with E-state index in [2.05, 4.69) is 4.98 Å². The summed E-state index contributed by atoms with van der Waals surface area (Å²) in [4.78, 5) is 4.45. The number of rotatable bonds is 4. The van der Waals surface area contributed by atoms with Gasteiger partial charge in [-0.3, -0.25) is 0 Å². The zero-order valence-corrected chi connectivity index (χ0v) is 10.2. The Balaban J connectivity index is 2.18. The van der Waals surface area contributed by atoms with Crippen molar-refractivity contribution in [3.8, 4) is 11.3 Å². The molecule has 84 valence electrons. The van der Waals surface area contributed by atoms with Gasteiger partial charge in [-0.25, -0.2) is 9.37 Å². The fraction of sp³-hybridized carbons (Fsp3) is 0.250. The van der Waals surface area contributed by atoms with Crippen molar-refractivity contribution in [1.82, 2.24) is 4.98 Å². The summed E-state index contributed by atoms with van der Waals surface area (Å²) in [6, 6.07) is 6.50. The molecule has 1 heterocycles. The first-order chi connectivity index (χ1) is 7.79. The van der Waals surface area contributed by atoms with Crippen molar-refractivity contribution in [2.75, 3.05) is 5.88 Å². The van der Waals surface area contributed by atoms with Gasteiger partial charge in [-0.2, -0.15) is 0 Å². The number of benzene rings is 1. The number of hydrogen-bond acceptors (Lipinski definition) is 2. The molecule has 0 amide bonds. The van der Waals surface area contributed by atoms with Crippen molar-refractivity contribution in [2.45, 2.75) is 12.8 Å². The third-order valence-electron chi connectivity index (χ3n) is 2.20. The Bertz CT molecular complexity index is 470. The summed E-state index contributed by atoms with van der Waals surface area (Å²) in [5.41, 5.74) is 1.67. The van der Waals surface area contributed by atoms with E-state index in [0.29, 0.717) is 5.88 Å². The summed E-state index contributed by atoms with van der Waals surface area (Å²) in [6.45, 7) is 0. The summed E-state index contributed by atoms with van der Waals surface area (Å²) in [5.74, 6) is 0.419. The van der Waals surface area contributed by atoms with Crippen LogP contribution in [0, 0.1) is 5.82 Å². The molecular weight excluding hydrogens is 245 g/mol. The molecule has 4 heteroatoms. The van der Waals surface area contributed by atoms with E-state index in [0.717, 1.165) is 29.1 Å². The van der Waals surface area contributed by atoms with Crippen molar-refractivity contribution in [3.05, 3.63) is 40.5 Å². The van der Waals surface area contributed by atoms with Gasteiger partial charge in [0.1, 0.15) is 5.82 Å². The van der Waals surface area contributed by atoms with E-state index >= 15 is 0 Å². The molecule has 0 unspecified atom stereocenters. The molecule has 0 aliphatic heterocycles. The average molecular weight is 256 g/mol. The molecule has 0 saturated carbocycles. The first-order valence-corrected chi connectivity index (χ1v) is 6.47. The molecule has 0 N–H and O–H groups in total. The highest BCUT2D eigenvalue weighted by Crippen LogP contribution is 2.23. The van der Waals surface area contributed by atoms with Crippen LogP contribution in [0.15, 0.2) is 29.6 Å². The van der Waals surface area contributed by atoms with Crippen LogP contribution in [0.1, 0.15) is 11.4 Å². The molecule has 1 aromatic carbocycles. The van der Waals surface area contributed by atoms with Crippen LogP contribution in [0.5, 0.6) is 0 Å². The maximum absolute atomic E-state index is 13.0. The van der Waals surface area contributed by atoms with E-state index < -0.39 is 0 Å². The fourth-order valence-electron chi connectivity index (χ4n) is 1.42. The number of alkyl halides is 1. The Kier molecular flexibility index (Phi) is 3.91. The van der Waals surface area contributed by atoms with Gasteiger partial charge in [0, 0.05) is 23.2 Å². The van der Waals surface area contributed by atoms with E-state index in [1.54, 1.807) is 17.4 Å². The number of hydrogen-bond donors (Lipinski definition) is 0. The lowest BCUT2D eigenvalue weighted by atomic mass is 10.2. The van der Waals surface area contributed by atoms with Gasteiger partial charge < -0.3 is 0 Å². The van der Waals surface area contributed by atoms with E-state index in [1.807, 2.05) is 11.4 Å². The largest absolute Gasteiger partial charge is 0.241 e. The molecule has 2 rings (SSSR count). The molecule has 16 heavy (non-hydrogen) atoms. The van der Waals surface area contributed by atoms with Crippen molar-refractivity contribution in [2.24, 2.45) is 0 Å². The summed E-state index contributed by atoms with van der Waals surface area (Å²) in [6.07, 6.45) is 1.82. The number of halogens is 2. The molecule has 0 aliphatic rings. The van der Waals surface area contributed by atoms with Crippen LogP contribution >= 0.6 is 22.9 Å². The second kappa shape index (κ2) is 5.41. The molecule has 1 aromatic heterocycles. The quantitative estimate of drug-likeness (QED) is 0.749. The van der Waals surface area contributed by atoms with Gasteiger partial charge in [0.2, 0.25) is 0 Å². The Morgan fingerprint density at radius 2 is 2.25 bits per heavy atom. The van der Waals surface area contributed by atoms with Crippen LogP contribution in [0.4, 0.5) is 4.39 Å². The third kappa shape index (κ3) is 2.80. The molecular formula is C12H11ClFNS. The molecule has 1 nitrogen and oxygen atoms in total. The van der Waals surface area contributed by atoms with Crippen LogP contribution in [0.25, 0.3) is 11.3 Å². The van der Waals surface area contributed by atoms with E-state index in [4.69, 9.17) is 11.6 Å². The maximum Gasteiger partial charge on any atom is 0.123 e. The van der Waals surface area contributed by atoms with Gasteiger partial charge in [-0.1, -0.05) is 12.1 Å². The second-order valence-corrected chi connectivity index (χ2v) is 4.75. The minimum Gasteiger partial charge on any atom is -0.241 e. The number of aryl methyl sites for hydroxylation is 1. The highest BCUT2D eigenvalue weighted by Gasteiger charge is 2.04. The maximum atomic E-state index is 13.0. The second-order valence-electron chi connectivity index (χ2n) is 3.43. The minimum atomic E-state index is -0.229. The molecule has 0 bridgehead atoms. The van der Waals surface area contributed by atoms with Crippen LogP contribution in [-0.4, -0.2) is 10.9 Å². The Morgan fingerprint density at radius 3 is 3.00 bits per heavy atom. The average Bonchev–Trinajstić information content (AvgIpc) is 2.75. The van der Waals surface area contributed by atoms with Crippen LogP contribution in [0.2, 0.25) is 0 Å². The lowest BCUT2D eigenvalue weighted by Gasteiger charge is -1.96. The topological polar surface area (TPSA) is 12.9 Å². The zero-order chi connectivity index (χ0) is 11.4. The monoisotopic (exact) mass is 255 g/mol. The third-order valence-corrected chi connectivity index (χ3v) is 3.37. The van der Waals surface area contributed by atoms with Crippen LogP contribution in [-0.2, 0) is 6.42 Å². The standard InChI is InChI=1S/C12H11ClFNS/c13-6-2-5-12-15-11(8-16-12)9-3-1-4-10(14)7-9/h1,3-4,7-8H,2,5-6H2. The van der Waals surface area contributed by atoms with Crippen molar-refractivity contribution in [3.63, 3.8) is 0 Å². The lowest BCUT2D eigenvalue weighted by molar-refractivity contribution is 0.628. The van der Waals surface area contributed by atoms with Crippen molar-refractivity contribution < 1.29 is 4.39 Å². The molecule has 2 aromatic rings. The number of aromatic nitrogens is 1. The summed E-state index contributed by atoms with van der Waals surface area (Å²) >= 11 is 7.22. The predicted molar refractivity (Wildman–Crippen MR) is 66.5 cm³/mol. The highest BCUT2D eigenvalue weighted by molar-refractivity contribution is 7.09. The van der Waals surface area contributed by atoms with Gasteiger partial charge in [-0.05, 0) is 18.6 Å². The fourth-order valence-corrected chi connectivity index (χ4v) is 2.41. The van der Waals surface area contributed by atoms with E-state index in [-0.39, 0.29) is 5.82 Å². The zero-order valence-electron chi connectivity index (χ0n) is 8.62. The lowest BCUT2D eigenvalue weighted by Crippen LogP contribution is -1.86. The molecule has 0 saturated heterocycles. The Labute approximate surface area is 103 Å². The molecule has 0 fully saturated rings. The smallest absolute Gasteiger partial charge is 0.123 e. The summed E-state index contributed by atoms with van der Waals surface area (Å²) < 4.78 is 13.0. The molecule has 0 atom stereocenters. The van der Waals surface area contributed by atoms with Gasteiger partial charge in [0.15, 0.2) is 0 Å². The first kappa shape index (κ1) is 11.6. The number of thiazole rings is 1. The van der Waals surface area contributed by atoms with Crippen LogP contribution < -0.4 is 0 Å². The summed E-state index contributed by atoms with van der Waals surface area (Å²) in [7, 11) is 0. The van der Waals surface area contributed by atoms with E-state index in [1.165, 1.54) is 12.1 Å². The van der Waals surface area contributed by atoms with Gasteiger partial charge in [0.05, 0.1) is 10.7 Å². The van der Waals surface area contributed by atoms with Crippen LogP contribution in [0.3, 0.4) is 0 Å².